The molecule has 1 unspecified atom stereocenters. The first-order valence-corrected chi connectivity index (χ1v) is 12.3. The number of rotatable bonds is 12. The van der Waals surface area contributed by atoms with Crippen LogP contribution in [0.4, 0.5) is 11.8 Å². The van der Waals surface area contributed by atoms with E-state index in [-0.39, 0.29) is 5.54 Å². The van der Waals surface area contributed by atoms with E-state index in [4.69, 9.17) is 5.73 Å². The zero-order valence-electron chi connectivity index (χ0n) is 20.5. The van der Waals surface area contributed by atoms with E-state index in [0.29, 0.717) is 12.0 Å². The lowest BCUT2D eigenvalue weighted by molar-refractivity contribution is 0.280. The van der Waals surface area contributed by atoms with Gasteiger partial charge in [-0.1, -0.05) is 37.6 Å². The highest BCUT2D eigenvalue weighted by Crippen LogP contribution is 2.23. The second-order valence-corrected chi connectivity index (χ2v) is 10.1. The smallest absolute Gasteiger partial charge is 0.221 e. The van der Waals surface area contributed by atoms with Crippen LogP contribution in [-0.2, 0) is 19.5 Å². The Labute approximate surface area is 194 Å². The number of hydrogen-bond donors (Lipinski definition) is 3. The summed E-state index contributed by atoms with van der Waals surface area (Å²) in [5.41, 5.74) is 10.2. The van der Waals surface area contributed by atoms with Gasteiger partial charge in [0, 0.05) is 36.4 Å². The summed E-state index contributed by atoms with van der Waals surface area (Å²) in [4.78, 5) is 11.4. The molecule has 32 heavy (non-hydrogen) atoms. The molecule has 0 spiro atoms. The number of hydrogen-bond acceptors (Lipinski definition) is 6. The first-order valence-electron chi connectivity index (χ1n) is 12.3. The first kappa shape index (κ1) is 24.5. The van der Waals surface area contributed by atoms with E-state index >= 15 is 0 Å². The lowest BCUT2D eigenvalue weighted by Gasteiger charge is -2.23. The Balaban J connectivity index is 1.52. The predicted molar refractivity (Wildman–Crippen MR) is 135 cm³/mol. The molecule has 0 radical (unpaired) electrons. The highest BCUT2D eigenvalue weighted by Gasteiger charge is 2.18. The lowest BCUT2D eigenvalue weighted by atomic mass is 10.0. The van der Waals surface area contributed by atoms with Gasteiger partial charge in [-0.15, -0.1) is 0 Å². The number of nitrogens with one attached hydrogen (secondary N) is 2. The zero-order chi connectivity index (χ0) is 23.0. The maximum absolute atomic E-state index is 5.94. The van der Waals surface area contributed by atoms with E-state index in [1.165, 1.54) is 16.7 Å². The second-order valence-electron chi connectivity index (χ2n) is 10.1. The molecule has 6 nitrogen and oxygen atoms in total. The van der Waals surface area contributed by atoms with Crippen molar-refractivity contribution in [1.29, 1.82) is 0 Å². The van der Waals surface area contributed by atoms with Crippen LogP contribution in [0.2, 0.25) is 0 Å². The van der Waals surface area contributed by atoms with Crippen molar-refractivity contribution in [1.82, 2.24) is 20.2 Å². The standard InChI is InChI=1S/C26H42N6/c1-5-10-23(14-8-15-29-26(2,3)4)30-24-20(17-28-25(27)31-24)13-9-16-32-18-21-11-6-7-12-22(21)19-32/h6-7,11-12,17,23,29H,5,8-10,13-16,18-19H2,1-4H3,(H3,27,28,30,31). The quantitative estimate of drug-likeness (QED) is 0.415. The average molecular weight is 439 g/mol. The zero-order valence-corrected chi connectivity index (χ0v) is 20.5. The van der Waals surface area contributed by atoms with Crippen molar-refractivity contribution in [3.63, 3.8) is 0 Å². The molecule has 1 atom stereocenters. The summed E-state index contributed by atoms with van der Waals surface area (Å²) < 4.78 is 0. The minimum Gasteiger partial charge on any atom is -0.368 e. The summed E-state index contributed by atoms with van der Waals surface area (Å²) in [6, 6.07) is 9.17. The van der Waals surface area contributed by atoms with Crippen LogP contribution in [0.25, 0.3) is 0 Å². The van der Waals surface area contributed by atoms with E-state index in [1.807, 2.05) is 6.20 Å². The SMILES string of the molecule is CCCC(CCCNC(C)(C)C)Nc1nc(N)ncc1CCCN1Cc2ccccc2C1. The molecule has 3 rings (SSSR count). The van der Waals surface area contributed by atoms with Crippen LogP contribution in [0, 0.1) is 0 Å². The highest BCUT2D eigenvalue weighted by molar-refractivity contribution is 5.47. The van der Waals surface area contributed by atoms with Crippen LogP contribution in [0.15, 0.2) is 30.5 Å². The number of nitrogen functional groups attached to an aromatic ring is 1. The molecule has 0 saturated carbocycles. The molecule has 1 aliphatic heterocycles. The Kier molecular flexibility index (Phi) is 8.88. The maximum Gasteiger partial charge on any atom is 0.221 e. The summed E-state index contributed by atoms with van der Waals surface area (Å²) in [6.45, 7) is 13.1. The van der Waals surface area contributed by atoms with Gasteiger partial charge >= 0.3 is 0 Å². The molecule has 0 bridgehead atoms. The third-order valence-electron chi connectivity index (χ3n) is 6.07. The third-order valence-corrected chi connectivity index (χ3v) is 6.07. The Bertz CT molecular complexity index is 819. The summed E-state index contributed by atoms with van der Waals surface area (Å²) in [7, 11) is 0. The van der Waals surface area contributed by atoms with E-state index in [0.717, 1.165) is 70.5 Å². The van der Waals surface area contributed by atoms with Crippen LogP contribution >= 0.6 is 0 Å². The average Bonchev–Trinajstić information content (AvgIpc) is 3.15. The van der Waals surface area contributed by atoms with Gasteiger partial charge in [-0.05, 0) is 77.1 Å². The monoisotopic (exact) mass is 438 g/mol. The van der Waals surface area contributed by atoms with Crippen molar-refractivity contribution in [3.05, 3.63) is 47.2 Å². The van der Waals surface area contributed by atoms with Crippen molar-refractivity contribution in [2.24, 2.45) is 0 Å². The van der Waals surface area contributed by atoms with Crippen LogP contribution in [0.5, 0.6) is 0 Å². The lowest BCUT2D eigenvalue weighted by Crippen LogP contribution is -2.36. The first-order chi connectivity index (χ1) is 15.3. The molecule has 2 aromatic rings. The van der Waals surface area contributed by atoms with Gasteiger partial charge in [0.2, 0.25) is 5.95 Å². The Hall–Kier alpha value is -2.18. The molecule has 1 aliphatic rings. The fourth-order valence-electron chi connectivity index (χ4n) is 4.43. The minimum atomic E-state index is 0.165. The predicted octanol–water partition coefficient (Wildman–Crippen LogP) is 4.76. The molecule has 1 aromatic carbocycles. The molecule has 0 aliphatic carbocycles. The van der Waals surface area contributed by atoms with Crippen molar-refractivity contribution in [2.45, 2.75) is 90.9 Å². The summed E-state index contributed by atoms with van der Waals surface area (Å²) in [6.07, 6.45) is 8.49. The van der Waals surface area contributed by atoms with Gasteiger partial charge in [0.1, 0.15) is 5.82 Å². The van der Waals surface area contributed by atoms with Gasteiger partial charge in [-0.2, -0.15) is 4.98 Å². The minimum absolute atomic E-state index is 0.165. The molecule has 2 heterocycles. The molecule has 4 N–H and O–H groups in total. The molecule has 0 amide bonds. The molecular weight excluding hydrogens is 396 g/mol. The highest BCUT2D eigenvalue weighted by atomic mass is 15.1. The number of nitrogens with zero attached hydrogens (tertiary/aromatic N) is 3. The van der Waals surface area contributed by atoms with Crippen molar-refractivity contribution < 1.29 is 0 Å². The Morgan fingerprint density at radius 1 is 1.09 bits per heavy atom. The third kappa shape index (κ3) is 7.75. The Morgan fingerprint density at radius 2 is 1.81 bits per heavy atom. The van der Waals surface area contributed by atoms with Crippen LogP contribution in [-0.4, -0.2) is 39.5 Å². The normalized spacial score (nSPS) is 15.0. The maximum atomic E-state index is 5.94. The molecule has 1 aromatic heterocycles. The number of aryl methyl sites for hydroxylation is 1. The van der Waals surface area contributed by atoms with E-state index in [9.17, 15) is 0 Å². The van der Waals surface area contributed by atoms with Gasteiger partial charge in [0.05, 0.1) is 0 Å². The second kappa shape index (κ2) is 11.6. The van der Waals surface area contributed by atoms with E-state index in [2.05, 4.69) is 77.5 Å². The van der Waals surface area contributed by atoms with Gasteiger partial charge in [0.15, 0.2) is 0 Å². The van der Waals surface area contributed by atoms with Gasteiger partial charge in [-0.3, -0.25) is 4.90 Å². The number of fused-ring (bicyclic) bond motifs is 1. The van der Waals surface area contributed by atoms with Crippen LogP contribution < -0.4 is 16.4 Å². The molecule has 176 valence electrons. The topological polar surface area (TPSA) is 79.1 Å². The van der Waals surface area contributed by atoms with E-state index in [1.54, 1.807) is 0 Å². The molecule has 6 heteroatoms. The fraction of sp³-hybridized carbons (Fsp3) is 0.615. The number of nitrogens with two attached hydrogens (primary N) is 1. The number of aromatic nitrogens is 2. The van der Waals surface area contributed by atoms with Crippen LogP contribution in [0.1, 0.15) is 76.5 Å². The van der Waals surface area contributed by atoms with Gasteiger partial charge in [0.25, 0.3) is 0 Å². The molecule has 0 fully saturated rings. The fourth-order valence-corrected chi connectivity index (χ4v) is 4.43. The molecular formula is C26H42N6. The van der Waals surface area contributed by atoms with E-state index < -0.39 is 0 Å². The number of benzene rings is 1. The van der Waals surface area contributed by atoms with Crippen molar-refractivity contribution >= 4 is 11.8 Å². The summed E-state index contributed by atoms with van der Waals surface area (Å²) in [5.74, 6) is 1.26. The number of anilines is 2. The summed E-state index contributed by atoms with van der Waals surface area (Å²) in [5, 5.41) is 7.29. The van der Waals surface area contributed by atoms with Crippen LogP contribution in [0.3, 0.4) is 0 Å². The van der Waals surface area contributed by atoms with Crippen molar-refractivity contribution in [3.8, 4) is 0 Å². The van der Waals surface area contributed by atoms with Gasteiger partial charge in [-0.25, -0.2) is 4.98 Å². The Morgan fingerprint density at radius 3 is 2.47 bits per heavy atom. The van der Waals surface area contributed by atoms with Gasteiger partial charge < -0.3 is 16.4 Å². The molecule has 0 saturated heterocycles. The van der Waals surface area contributed by atoms with Crippen molar-refractivity contribution in [2.75, 3.05) is 24.1 Å². The largest absolute Gasteiger partial charge is 0.368 e. The summed E-state index contributed by atoms with van der Waals surface area (Å²) >= 11 is 0.